The third-order valence-corrected chi connectivity index (χ3v) is 5.05. The molecule has 3 aromatic carbocycles. The molecule has 3 nitrogen and oxygen atoms in total. The summed E-state index contributed by atoms with van der Waals surface area (Å²) in [6, 6.07) is 23.2. The molecule has 0 bridgehead atoms. The maximum atomic E-state index is 9.51. The minimum absolute atomic E-state index is 0.455. The van der Waals surface area contributed by atoms with E-state index in [1.165, 1.54) is 3.57 Å². The highest BCUT2D eigenvalue weighted by Gasteiger charge is 2.07. The number of methoxy groups -OCH3 is 1. The average molecular weight is 502 g/mol. The Bertz CT molecular complexity index is 1020. The van der Waals surface area contributed by atoms with Crippen LogP contribution in [-0.2, 0) is 6.61 Å². The Labute approximate surface area is 183 Å². The van der Waals surface area contributed by atoms with Crippen LogP contribution in [0.2, 0.25) is 5.02 Å². The van der Waals surface area contributed by atoms with Gasteiger partial charge in [0.25, 0.3) is 0 Å². The zero-order valence-electron chi connectivity index (χ0n) is 15.2. The van der Waals surface area contributed by atoms with Crippen LogP contribution in [0.4, 0.5) is 0 Å². The summed E-state index contributed by atoms with van der Waals surface area (Å²) in [6.45, 7) is 0.455. The van der Waals surface area contributed by atoms with Gasteiger partial charge in [-0.3, -0.25) is 0 Å². The molecule has 0 saturated heterocycles. The molecule has 5 heteroatoms. The highest BCUT2D eigenvalue weighted by molar-refractivity contribution is 14.1. The second-order valence-electron chi connectivity index (χ2n) is 6.00. The Morgan fingerprint density at radius 3 is 2.39 bits per heavy atom. The Morgan fingerprint density at radius 2 is 1.75 bits per heavy atom. The van der Waals surface area contributed by atoms with Gasteiger partial charge in [0.1, 0.15) is 6.61 Å². The zero-order valence-corrected chi connectivity index (χ0v) is 18.1. The predicted molar refractivity (Wildman–Crippen MR) is 121 cm³/mol. The maximum Gasteiger partial charge on any atom is 0.161 e. The predicted octanol–water partition coefficient (Wildman–Crippen LogP) is 6.60. The summed E-state index contributed by atoms with van der Waals surface area (Å²) >= 11 is 8.20. The van der Waals surface area contributed by atoms with Crippen LogP contribution >= 0.6 is 34.2 Å². The first-order valence-corrected chi connectivity index (χ1v) is 9.98. The summed E-state index contributed by atoms with van der Waals surface area (Å²) in [5.41, 5.74) is 3.29. The fraction of sp³-hybridized carbons (Fsp3) is 0.0870. The van der Waals surface area contributed by atoms with E-state index < -0.39 is 0 Å². The van der Waals surface area contributed by atoms with E-state index in [2.05, 4.69) is 28.7 Å². The van der Waals surface area contributed by atoms with Crippen molar-refractivity contribution in [3.05, 3.63) is 92.0 Å². The van der Waals surface area contributed by atoms with Gasteiger partial charge in [0, 0.05) is 8.59 Å². The average Bonchev–Trinajstić information content (AvgIpc) is 2.72. The van der Waals surface area contributed by atoms with Crippen LogP contribution in [0.1, 0.15) is 16.7 Å². The lowest BCUT2D eigenvalue weighted by Crippen LogP contribution is -1.98. The molecular weight excluding hydrogens is 485 g/mol. The van der Waals surface area contributed by atoms with Crippen molar-refractivity contribution in [3.63, 3.8) is 0 Å². The summed E-state index contributed by atoms with van der Waals surface area (Å²) < 4.78 is 12.6. The van der Waals surface area contributed by atoms with Crippen molar-refractivity contribution in [2.75, 3.05) is 7.11 Å². The van der Waals surface area contributed by atoms with Crippen LogP contribution in [0.15, 0.2) is 66.7 Å². The van der Waals surface area contributed by atoms with Crippen molar-refractivity contribution in [1.82, 2.24) is 0 Å². The first-order valence-electron chi connectivity index (χ1n) is 8.52. The minimum atomic E-state index is 0.455. The van der Waals surface area contributed by atoms with Gasteiger partial charge in [-0.25, -0.2) is 0 Å². The monoisotopic (exact) mass is 501 g/mol. The number of halogens is 2. The second kappa shape index (κ2) is 9.63. The molecule has 0 aliphatic heterocycles. The lowest BCUT2D eigenvalue weighted by Gasteiger charge is -2.12. The first kappa shape index (κ1) is 20.2. The van der Waals surface area contributed by atoms with Gasteiger partial charge in [0.05, 0.1) is 18.8 Å². The minimum Gasteiger partial charge on any atom is -0.493 e. The first-order chi connectivity index (χ1) is 13.6. The quantitative estimate of drug-likeness (QED) is 0.217. The van der Waals surface area contributed by atoms with Crippen LogP contribution < -0.4 is 9.47 Å². The third-order valence-electron chi connectivity index (χ3n) is 4.08. The zero-order chi connectivity index (χ0) is 19.9. The van der Waals surface area contributed by atoms with Gasteiger partial charge in [-0.15, -0.1) is 0 Å². The molecule has 0 heterocycles. The van der Waals surface area contributed by atoms with Crippen LogP contribution in [0, 0.1) is 14.9 Å². The topological polar surface area (TPSA) is 42.2 Å². The van der Waals surface area contributed by atoms with E-state index >= 15 is 0 Å². The van der Waals surface area contributed by atoms with Crippen molar-refractivity contribution >= 4 is 45.8 Å². The highest BCUT2D eigenvalue weighted by atomic mass is 127. The van der Waals surface area contributed by atoms with Gasteiger partial charge < -0.3 is 9.47 Å². The van der Waals surface area contributed by atoms with E-state index in [1.807, 2.05) is 60.7 Å². The number of nitrogens with zero attached hydrogens (tertiary/aromatic N) is 1. The van der Waals surface area contributed by atoms with E-state index in [9.17, 15) is 5.26 Å². The lowest BCUT2D eigenvalue weighted by molar-refractivity contribution is 0.284. The van der Waals surface area contributed by atoms with Gasteiger partial charge in [0.2, 0.25) is 0 Å². The molecule has 0 saturated carbocycles. The Kier molecular flexibility index (Phi) is 6.96. The largest absolute Gasteiger partial charge is 0.493 e. The Balaban J connectivity index is 1.80. The normalized spacial score (nSPS) is 11.0. The van der Waals surface area contributed by atoms with E-state index in [-0.39, 0.29) is 0 Å². The van der Waals surface area contributed by atoms with E-state index in [0.29, 0.717) is 28.7 Å². The molecule has 0 spiro atoms. The molecule has 0 atom stereocenters. The lowest BCUT2D eigenvalue weighted by atomic mass is 10.0. The molecule has 3 rings (SSSR count). The van der Waals surface area contributed by atoms with Gasteiger partial charge in [-0.1, -0.05) is 41.9 Å². The van der Waals surface area contributed by atoms with Crippen molar-refractivity contribution < 1.29 is 9.47 Å². The molecule has 0 radical (unpaired) electrons. The molecule has 140 valence electrons. The van der Waals surface area contributed by atoms with Crippen LogP contribution in [0.25, 0.3) is 11.6 Å². The second-order valence-corrected chi connectivity index (χ2v) is 7.68. The molecule has 3 aromatic rings. The molecule has 0 aliphatic rings. The number of nitriles is 1. The van der Waals surface area contributed by atoms with Crippen molar-refractivity contribution in [3.8, 4) is 17.6 Å². The summed E-state index contributed by atoms with van der Waals surface area (Å²) in [5, 5.41) is 10.1. The Hall–Kier alpha value is -2.49. The molecule has 0 unspecified atom stereocenters. The smallest absolute Gasteiger partial charge is 0.161 e. The Morgan fingerprint density at radius 1 is 1.04 bits per heavy atom. The SMILES string of the molecule is COc1cc(/C=C(/C#N)c2ccc(Cl)cc2)ccc1OCc1ccc(I)cc1. The fourth-order valence-corrected chi connectivity index (χ4v) is 3.10. The third kappa shape index (κ3) is 5.28. The van der Waals surface area contributed by atoms with Crippen LogP contribution in [0.5, 0.6) is 11.5 Å². The van der Waals surface area contributed by atoms with Crippen molar-refractivity contribution in [1.29, 1.82) is 5.26 Å². The van der Waals surface area contributed by atoms with Gasteiger partial charge >= 0.3 is 0 Å². The van der Waals surface area contributed by atoms with Gasteiger partial charge in [-0.2, -0.15) is 5.26 Å². The highest BCUT2D eigenvalue weighted by Crippen LogP contribution is 2.30. The van der Waals surface area contributed by atoms with Crippen molar-refractivity contribution in [2.45, 2.75) is 6.61 Å². The molecule has 0 fully saturated rings. The number of hydrogen-bond donors (Lipinski definition) is 0. The number of hydrogen-bond acceptors (Lipinski definition) is 3. The van der Waals surface area contributed by atoms with E-state index in [0.717, 1.165) is 16.7 Å². The molecule has 0 amide bonds. The number of rotatable bonds is 6. The van der Waals surface area contributed by atoms with Gasteiger partial charge in [0.15, 0.2) is 11.5 Å². The summed E-state index contributed by atoms with van der Waals surface area (Å²) in [5.74, 6) is 1.27. The van der Waals surface area contributed by atoms with Crippen molar-refractivity contribution in [2.24, 2.45) is 0 Å². The van der Waals surface area contributed by atoms with Gasteiger partial charge in [-0.05, 0) is 81.8 Å². The number of benzene rings is 3. The molecule has 0 aromatic heterocycles. The number of ether oxygens (including phenoxy) is 2. The molecule has 28 heavy (non-hydrogen) atoms. The molecule has 0 N–H and O–H groups in total. The molecular formula is C23H17ClINO2. The van der Waals surface area contributed by atoms with E-state index in [1.54, 1.807) is 19.2 Å². The number of allylic oxidation sites excluding steroid dienone is 1. The fourth-order valence-electron chi connectivity index (χ4n) is 2.61. The summed E-state index contributed by atoms with van der Waals surface area (Å²) in [4.78, 5) is 0. The maximum absolute atomic E-state index is 9.51. The van der Waals surface area contributed by atoms with E-state index in [4.69, 9.17) is 21.1 Å². The molecule has 0 aliphatic carbocycles. The van der Waals surface area contributed by atoms with Crippen LogP contribution in [0.3, 0.4) is 0 Å². The summed E-state index contributed by atoms with van der Waals surface area (Å²) in [7, 11) is 1.60. The van der Waals surface area contributed by atoms with Crippen LogP contribution in [-0.4, -0.2) is 7.11 Å². The summed E-state index contributed by atoms with van der Waals surface area (Å²) in [6.07, 6.45) is 1.81. The standard InChI is InChI=1S/C23H17ClINO2/c1-27-23-13-17(12-19(14-26)18-5-7-20(24)8-6-18)4-11-22(23)28-15-16-2-9-21(25)10-3-16/h2-13H,15H2,1H3/b19-12-.